The SMILES string of the molecule is COc1ccc(CNCC2(C)CCN(C)CC2)cc1OC. The van der Waals surface area contributed by atoms with E-state index in [4.69, 9.17) is 9.47 Å². The molecule has 0 atom stereocenters. The number of rotatable bonds is 6. The van der Waals surface area contributed by atoms with Gasteiger partial charge in [0.2, 0.25) is 0 Å². The normalized spacial score (nSPS) is 18.5. The molecule has 1 aromatic rings. The van der Waals surface area contributed by atoms with Crippen molar-refractivity contribution in [3.63, 3.8) is 0 Å². The molecule has 0 spiro atoms. The molecule has 0 aliphatic carbocycles. The number of methoxy groups -OCH3 is 2. The monoisotopic (exact) mass is 292 g/mol. The quantitative estimate of drug-likeness (QED) is 0.873. The van der Waals surface area contributed by atoms with Gasteiger partial charge in [0.25, 0.3) is 0 Å². The molecule has 0 aromatic heterocycles. The van der Waals surface area contributed by atoms with Crippen LogP contribution in [0.2, 0.25) is 0 Å². The van der Waals surface area contributed by atoms with Crippen molar-refractivity contribution in [2.75, 3.05) is 40.9 Å². The molecule has 4 heteroatoms. The Labute approximate surface area is 128 Å². The van der Waals surface area contributed by atoms with Crippen LogP contribution in [-0.2, 0) is 6.54 Å². The Morgan fingerprint density at radius 2 is 1.81 bits per heavy atom. The smallest absolute Gasteiger partial charge is 0.161 e. The summed E-state index contributed by atoms with van der Waals surface area (Å²) in [6, 6.07) is 6.10. The van der Waals surface area contributed by atoms with Crippen LogP contribution in [0, 0.1) is 5.41 Å². The van der Waals surface area contributed by atoms with Crippen molar-refractivity contribution in [3.8, 4) is 11.5 Å². The molecule has 1 aliphatic rings. The number of nitrogens with zero attached hydrogens (tertiary/aromatic N) is 1. The molecule has 118 valence electrons. The van der Waals surface area contributed by atoms with Gasteiger partial charge in [0.1, 0.15) is 0 Å². The summed E-state index contributed by atoms with van der Waals surface area (Å²) in [6.07, 6.45) is 2.53. The maximum atomic E-state index is 5.35. The molecular weight excluding hydrogens is 264 g/mol. The van der Waals surface area contributed by atoms with Gasteiger partial charge in [-0.3, -0.25) is 0 Å². The molecule has 2 rings (SSSR count). The van der Waals surface area contributed by atoms with Gasteiger partial charge in [0, 0.05) is 13.1 Å². The van der Waals surface area contributed by atoms with E-state index in [-0.39, 0.29) is 0 Å². The highest BCUT2D eigenvalue weighted by molar-refractivity contribution is 5.42. The third-order valence-corrected chi connectivity index (χ3v) is 4.52. The van der Waals surface area contributed by atoms with Gasteiger partial charge in [-0.25, -0.2) is 0 Å². The highest BCUT2D eigenvalue weighted by Gasteiger charge is 2.28. The predicted molar refractivity (Wildman–Crippen MR) is 86.1 cm³/mol. The summed E-state index contributed by atoms with van der Waals surface area (Å²) in [5.74, 6) is 1.57. The van der Waals surface area contributed by atoms with Crippen LogP contribution < -0.4 is 14.8 Å². The molecule has 1 aliphatic heterocycles. The molecule has 1 heterocycles. The summed E-state index contributed by atoms with van der Waals surface area (Å²) in [7, 11) is 5.54. The van der Waals surface area contributed by atoms with Crippen LogP contribution in [-0.4, -0.2) is 45.8 Å². The van der Waals surface area contributed by atoms with E-state index < -0.39 is 0 Å². The maximum absolute atomic E-state index is 5.35. The van der Waals surface area contributed by atoms with Crippen LogP contribution in [0.15, 0.2) is 18.2 Å². The largest absolute Gasteiger partial charge is 0.493 e. The maximum Gasteiger partial charge on any atom is 0.161 e. The van der Waals surface area contributed by atoms with E-state index in [0.717, 1.165) is 24.6 Å². The van der Waals surface area contributed by atoms with Crippen molar-refractivity contribution in [2.45, 2.75) is 26.3 Å². The van der Waals surface area contributed by atoms with Crippen molar-refractivity contribution in [1.82, 2.24) is 10.2 Å². The van der Waals surface area contributed by atoms with Crippen molar-refractivity contribution < 1.29 is 9.47 Å². The summed E-state index contributed by atoms with van der Waals surface area (Å²) in [5.41, 5.74) is 1.65. The Bertz CT molecular complexity index is 454. The summed E-state index contributed by atoms with van der Waals surface area (Å²) in [6.45, 7) is 6.73. The topological polar surface area (TPSA) is 33.7 Å². The number of likely N-dealkylation sites (tertiary alicyclic amines) is 1. The molecule has 0 unspecified atom stereocenters. The van der Waals surface area contributed by atoms with Gasteiger partial charge in [-0.1, -0.05) is 13.0 Å². The summed E-state index contributed by atoms with van der Waals surface area (Å²) < 4.78 is 10.6. The third kappa shape index (κ3) is 4.35. The van der Waals surface area contributed by atoms with Gasteiger partial charge < -0.3 is 19.7 Å². The lowest BCUT2D eigenvalue weighted by Crippen LogP contribution is -2.41. The van der Waals surface area contributed by atoms with Gasteiger partial charge in [0.05, 0.1) is 14.2 Å². The Morgan fingerprint density at radius 1 is 1.14 bits per heavy atom. The van der Waals surface area contributed by atoms with Crippen LogP contribution in [0.5, 0.6) is 11.5 Å². The number of ether oxygens (including phenoxy) is 2. The molecular formula is C17H28N2O2. The number of nitrogens with one attached hydrogen (secondary N) is 1. The second-order valence-corrected chi connectivity index (χ2v) is 6.41. The minimum Gasteiger partial charge on any atom is -0.493 e. The predicted octanol–water partition coefficient (Wildman–Crippen LogP) is 2.53. The molecule has 0 radical (unpaired) electrons. The lowest BCUT2D eigenvalue weighted by atomic mass is 9.80. The Kier molecular flexibility index (Phi) is 5.48. The number of hydrogen-bond acceptors (Lipinski definition) is 4. The molecule has 0 amide bonds. The molecule has 4 nitrogen and oxygen atoms in total. The van der Waals surface area contributed by atoms with E-state index in [1.54, 1.807) is 14.2 Å². The number of piperidine rings is 1. The van der Waals surface area contributed by atoms with Gasteiger partial charge >= 0.3 is 0 Å². The van der Waals surface area contributed by atoms with Crippen molar-refractivity contribution in [2.24, 2.45) is 5.41 Å². The molecule has 1 N–H and O–H groups in total. The zero-order valence-electron chi connectivity index (χ0n) is 13.7. The van der Waals surface area contributed by atoms with Crippen molar-refractivity contribution in [3.05, 3.63) is 23.8 Å². The second kappa shape index (κ2) is 7.14. The van der Waals surface area contributed by atoms with E-state index in [1.807, 2.05) is 12.1 Å². The van der Waals surface area contributed by atoms with Crippen molar-refractivity contribution in [1.29, 1.82) is 0 Å². The highest BCUT2D eigenvalue weighted by atomic mass is 16.5. The number of benzene rings is 1. The Morgan fingerprint density at radius 3 is 2.43 bits per heavy atom. The average Bonchev–Trinajstić information content (AvgIpc) is 2.50. The van der Waals surface area contributed by atoms with Gasteiger partial charge in [-0.15, -0.1) is 0 Å². The first-order valence-corrected chi connectivity index (χ1v) is 7.66. The molecule has 1 saturated heterocycles. The van der Waals surface area contributed by atoms with Crippen LogP contribution in [0.25, 0.3) is 0 Å². The van der Waals surface area contributed by atoms with E-state index in [9.17, 15) is 0 Å². The first-order chi connectivity index (χ1) is 10.1. The van der Waals surface area contributed by atoms with Crippen LogP contribution in [0.3, 0.4) is 0 Å². The molecule has 21 heavy (non-hydrogen) atoms. The van der Waals surface area contributed by atoms with Gasteiger partial charge in [-0.05, 0) is 56.1 Å². The highest BCUT2D eigenvalue weighted by Crippen LogP contribution is 2.30. The lowest BCUT2D eigenvalue weighted by Gasteiger charge is -2.38. The summed E-state index contributed by atoms with van der Waals surface area (Å²) in [4.78, 5) is 2.41. The Hall–Kier alpha value is -1.26. The first kappa shape index (κ1) is 16.1. The molecule has 0 saturated carbocycles. The van der Waals surface area contributed by atoms with Crippen LogP contribution >= 0.6 is 0 Å². The minimum atomic E-state index is 0.420. The summed E-state index contributed by atoms with van der Waals surface area (Å²) in [5, 5.41) is 3.60. The van der Waals surface area contributed by atoms with E-state index >= 15 is 0 Å². The fourth-order valence-corrected chi connectivity index (χ4v) is 2.83. The average molecular weight is 292 g/mol. The van der Waals surface area contributed by atoms with E-state index in [2.05, 4.69) is 30.3 Å². The molecule has 1 fully saturated rings. The van der Waals surface area contributed by atoms with Crippen molar-refractivity contribution >= 4 is 0 Å². The summed E-state index contributed by atoms with van der Waals surface area (Å²) >= 11 is 0. The molecule has 0 bridgehead atoms. The minimum absolute atomic E-state index is 0.420. The fourth-order valence-electron chi connectivity index (χ4n) is 2.83. The fraction of sp³-hybridized carbons (Fsp3) is 0.647. The van der Waals surface area contributed by atoms with E-state index in [1.165, 1.54) is 31.5 Å². The van der Waals surface area contributed by atoms with Crippen LogP contribution in [0.1, 0.15) is 25.3 Å². The Balaban J connectivity index is 1.86. The van der Waals surface area contributed by atoms with E-state index in [0.29, 0.717) is 5.41 Å². The standard InChI is InChI=1S/C17H28N2O2/c1-17(7-9-19(2)10-8-17)13-18-12-14-5-6-15(20-3)16(11-14)21-4/h5-6,11,18H,7-10,12-13H2,1-4H3. The van der Waals surface area contributed by atoms with Crippen LogP contribution in [0.4, 0.5) is 0 Å². The van der Waals surface area contributed by atoms with Gasteiger partial charge in [0.15, 0.2) is 11.5 Å². The second-order valence-electron chi connectivity index (χ2n) is 6.41. The zero-order chi connectivity index (χ0) is 15.3. The third-order valence-electron chi connectivity index (χ3n) is 4.52. The van der Waals surface area contributed by atoms with Gasteiger partial charge in [-0.2, -0.15) is 0 Å². The number of hydrogen-bond donors (Lipinski definition) is 1. The molecule has 1 aromatic carbocycles. The zero-order valence-corrected chi connectivity index (χ0v) is 13.7. The lowest BCUT2D eigenvalue weighted by molar-refractivity contribution is 0.137. The first-order valence-electron chi connectivity index (χ1n) is 7.66.